The van der Waals surface area contributed by atoms with E-state index in [2.05, 4.69) is 14.9 Å². The van der Waals surface area contributed by atoms with E-state index in [0.717, 1.165) is 35.6 Å². The van der Waals surface area contributed by atoms with Gasteiger partial charge in [0.15, 0.2) is 5.82 Å². The Kier molecular flexibility index (Phi) is 3.37. The van der Waals surface area contributed by atoms with Crippen LogP contribution >= 0.6 is 0 Å². The smallest absolute Gasteiger partial charge is 0.161 e. The van der Waals surface area contributed by atoms with Gasteiger partial charge in [0, 0.05) is 42.3 Å². The summed E-state index contributed by atoms with van der Waals surface area (Å²) in [5, 5.41) is 10.2. The summed E-state index contributed by atoms with van der Waals surface area (Å²) < 4.78 is 0. The average molecular weight is 284 g/mol. The van der Waals surface area contributed by atoms with E-state index in [0.29, 0.717) is 12.4 Å². The highest BCUT2D eigenvalue weighted by atomic mass is 16.3. The van der Waals surface area contributed by atoms with E-state index in [1.807, 2.05) is 32.9 Å². The van der Waals surface area contributed by atoms with Crippen molar-refractivity contribution in [2.24, 2.45) is 0 Å². The first-order chi connectivity index (χ1) is 9.96. The van der Waals surface area contributed by atoms with Crippen LogP contribution in [0.5, 0.6) is 0 Å². The fourth-order valence-electron chi connectivity index (χ4n) is 2.68. The van der Waals surface area contributed by atoms with Gasteiger partial charge >= 0.3 is 0 Å². The van der Waals surface area contributed by atoms with Crippen molar-refractivity contribution in [3.05, 3.63) is 35.8 Å². The maximum atomic E-state index is 10.2. The van der Waals surface area contributed by atoms with Gasteiger partial charge < -0.3 is 10.0 Å². The van der Waals surface area contributed by atoms with Crippen LogP contribution in [0.15, 0.2) is 24.5 Å². The highest BCUT2D eigenvalue weighted by Crippen LogP contribution is 2.30. The number of pyridine rings is 1. The highest BCUT2D eigenvalue weighted by Gasteiger charge is 2.33. The molecule has 21 heavy (non-hydrogen) atoms. The number of anilines is 1. The van der Waals surface area contributed by atoms with E-state index in [1.54, 1.807) is 12.4 Å². The number of aryl methyl sites for hydroxylation is 1. The van der Waals surface area contributed by atoms with Gasteiger partial charge in [0.1, 0.15) is 5.82 Å². The summed E-state index contributed by atoms with van der Waals surface area (Å²) in [5.74, 6) is 1.63. The second kappa shape index (κ2) is 5.07. The Bertz CT molecular complexity index is 655. The molecular weight excluding hydrogens is 264 g/mol. The summed E-state index contributed by atoms with van der Waals surface area (Å²) in [6.07, 6.45) is 4.25. The number of aliphatic hydroxyl groups is 1. The second-order valence-electron chi connectivity index (χ2n) is 5.99. The van der Waals surface area contributed by atoms with Crippen LogP contribution in [0.4, 0.5) is 5.82 Å². The molecule has 0 saturated carbocycles. The molecule has 1 N–H and O–H groups in total. The van der Waals surface area contributed by atoms with E-state index in [-0.39, 0.29) is 0 Å². The van der Waals surface area contributed by atoms with Crippen molar-refractivity contribution in [1.29, 1.82) is 0 Å². The lowest BCUT2D eigenvalue weighted by Crippen LogP contribution is -2.30. The monoisotopic (exact) mass is 284 g/mol. The average Bonchev–Trinajstić information content (AvgIpc) is 2.83. The number of rotatable bonds is 2. The molecule has 2 aromatic heterocycles. The number of aromatic nitrogens is 3. The van der Waals surface area contributed by atoms with Crippen molar-refractivity contribution in [3.63, 3.8) is 0 Å². The zero-order valence-electron chi connectivity index (χ0n) is 12.7. The first kappa shape index (κ1) is 13.9. The van der Waals surface area contributed by atoms with Gasteiger partial charge in [-0.15, -0.1) is 0 Å². The molecule has 1 unspecified atom stereocenters. The molecule has 5 heteroatoms. The highest BCUT2D eigenvalue weighted by molar-refractivity contribution is 5.60. The molecule has 3 heterocycles. The standard InChI is InChI=1S/C16H20N4O/c1-11-12(2)18-14(13-4-7-17-8-5-13)19-15(11)20-9-6-16(3,21)10-20/h4-5,7-8,21H,6,9-10H2,1-3H3. The van der Waals surface area contributed by atoms with Gasteiger partial charge in [0.2, 0.25) is 0 Å². The van der Waals surface area contributed by atoms with Crippen molar-refractivity contribution >= 4 is 5.82 Å². The van der Waals surface area contributed by atoms with E-state index in [9.17, 15) is 5.11 Å². The van der Waals surface area contributed by atoms with Crippen LogP contribution in [-0.2, 0) is 0 Å². The SMILES string of the molecule is Cc1nc(-c2ccncc2)nc(N2CCC(C)(O)C2)c1C. The van der Waals surface area contributed by atoms with Crippen molar-refractivity contribution in [1.82, 2.24) is 15.0 Å². The van der Waals surface area contributed by atoms with Crippen molar-refractivity contribution in [3.8, 4) is 11.4 Å². The van der Waals surface area contributed by atoms with Crippen LogP contribution in [0.3, 0.4) is 0 Å². The van der Waals surface area contributed by atoms with E-state index in [4.69, 9.17) is 4.98 Å². The maximum absolute atomic E-state index is 10.2. The normalized spacial score (nSPS) is 21.8. The molecule has 0 spiro atoms. The number of hydrogen-bond donors (Lipinski definition) is 1. The Morgan fingerprint density at radius 2 is 1.90 bits per heavy atom. The van der Waals surface area contributed by atoms with Gasteiger partial charge in [-0.3, -0.25) is 4.98 Å². The van der Waals surface area contributed by atoms with Crippen molar-refractivity contribution < 1.29 is 5.11 Å². The fourth-order valence-corrected chi connectivity index (χ4v) is 2.68. The van der Waals surface area contributed by atoms with Crippen LogP contribution in [0.25, 0.3) is 11.4 Å². The van der Waals surface area contributed by atoms with Crippen molar-refractivity contribution in [2.75, 3.05) is 18.0 Å². The molecule has 0 aliphatic carbocycles. The fraction of sp³-hybridized carbons (Fsp3) is 0.438. The van der Waals surface area contributed by atoms with E-state index >= 15 is 0 Å². The molecular formula is C16H20N4O. The molecule has 0 radical (unpaired) electrons. The molecule has 0 amide bonds. The minimum absolute atomic E-state index is 0.611. The first-order valence-corrected chi connectivity index (χ1v) is 7.19. The second-order valence-corrected chi connectivity index (χ2v) is 5.99. The summed E-state index contributed by atoms with van der Waals surface area (Å²) in [5.41, 5.74) is 2.37. The molecule has 1 saturated heterocycles. The minimum Gasteiger partial charge on any atom is -0.388 e. The van der Waals surface area contributed by atoms with Crippen LogP contribution < -0.4 is 4.90 Å². The number of nitrogens with zero attached hydrogens (tertiary/aromatic N) is 4. The number of hydrogen-bond acceptors (Lipinski definition) is 5. The van der Waals surface area contributed by atoms with Gasteiger partial charge in [-0.05, 0) is 39.3 Å². The van der Waals surface area contributed by atoms with E-state index < -0.39 is 5.60 Å². The van der Waals surface area contributed by atoms with Crippen LogP contribution in [-0.4, -0.2) is 38.7 Å². The summed E-state index contributed by atoms with van der Waals surface area (Å²) in [4.78, 5) is 15.5. The lowest BCUT2D eigenvalue weighted by Gasteiger charge is -2.22. The third-order valence-electron chi connectivity index (χ3n) is 4.05. The quantitative estimate of drug-likeness (QED) is 0.915. The molecule has 2 aromatic rings. The van der Waals surface area contributed by atoms with Crippen LogP contribution in [0, 0.1) is 13.8 Å². The number of β-amino-alcohol motifs (C(OH)–C–C–N with tert-alkyl or cyclic N) is 1. The van der Waals surface area contributed by atoms with Gasteiger partial charge in [-0.25, -0.2) is 9.97 Å². The molecule has 1 atom stereocenters. The molecule has 0 bridgehead atoms. The lowest BCUT2D eigenvalue weighted by molar-refractivity contribution is 0.0839. The van der Waals surface area contributed by atoms with E-state index in [1.165, 1.54) is 0 Å². The molecule has 1 aliphatic rings. The topological polar surface area (TPSA) is 62.1 Å². The minimum atomic E-state index is -0.637. The predicted octanol–water partition coefficient (Wildman–Crippen LogP) is 2.12. The predicted molar refractivity (Wildman–Crippen MR) is 82.2 cm³/mol. The Hall–Kier alpha value is -2.01. The van der Waals surface area contributed by atoms with Crippen molar-refractivity contribution in [2.45, 2.75) is 32.8 Å². The Morgan fingerprint density at radius 3 is 2.52 bits per heavy atom. The zero-order valence-corrected chi connectivity index (χ0v) is 12.7. The lowest BCUT2D eigenvalue weighted by atomic mass is 10.1. The molecule has 1 aliphatic heterocycles. The summed E-state index contributed by atoms with van der Waals surface area (Å²) >= 11 is 0. The third kappa shape index (κ3) is 2.74. The Balaban J connectivity index is 2.03. The molecule has 0 aromatic carbocycles. The van der Waals surface area contributed by atoms with Gasteiger partial charge in [0.25, 0.3) is 0 Å². The summed E-state index contributed by atoms with van der Waals surface area (Å²) in [6.45, 7) is 7.34. The van der Waals surface area contributed by atoms with Gasteiger partial charge in [-0.1, -0.05) is 0 Å². The van der Waals surface area contributed by atoms with Gasteiger partial charge in [-0.2, -0.15) is 0 Å². The maximum Gasteiger partial charge on any atom is 0.161 e. The first-order valence-electron chi connectivity index (χ1n) is 7.19. The van der Waals surface area contributed by atoms with Gasteiger partial charge in [0.05, 0.1) is 5.60 Å². The zero-order chi connectivity index (χ0) is 15.0. The Labute approximate surface area is 124 Å². The largest absolute Gasteiger partial charge is 0.388 e. The molecule has 5 nitrogen and oxygen atoms in total. The van der Waals surface area contributed by atoms with Crippen LogP contribution in [0.2, 0.25) is 0 Å². The molecule has 1 fully saturated rings. The molecule has 3 rings (SSSR count). The summed E-state index contributed by atoms with van der Waals surface area (Å²) in [6, 6.07) is 3.82. The van der Waals surface area contributed by atoms with Crippen LogP contribution in [0.1, 0.15) is 24.6 Å². The molecule has 110 valence electrons. The Morgan fingerprint density at radius 1 is 1.19 bits per heavy atom. The summed E-state index contributed by atoms with van der Waals surface area (Å²) in [7, 11) is 0. The third-order valence-corrected chi connectivity index (χ3v) is 4.05.